The van der Waals surface area contributed by atoms with Gasteiger partial charge in [-0.3, -0.25) is 9.78 Å². The molecule has 0 bridgehead atoms. The Balaban J connectivity index is 1.81. The highest BCUT2D eigenvalue weighted by atomic mass is 32.2. The average molecular weight is 366 g/mol. The number of hydrogen-bond donors (Lipinski definition) is 1. The maximum atomic E-state index is 12.8. The van der Waals surface area contributed by atoms with E-state index >= 15 is 0 Å². The number of nitrogens with one attached hydrogen (secondary N) is 1. The Hall–Kier alpha value is -2.40. The third-order valence-electron chi connectivity index (χ3n) is 4.02. The summed E-state index contributed by atoms with van der Waals surface area (Å²) in [5.74, 6) is 2.21. The van der Waals surface area contributed by atoms with E-state index in [4.69, 9.17) is 4.98 Å². The molecule has 1 N–H and O–H groups in total. The van der Waals surface area contributed by atoms with Gasteiger partial charge in [-0.1, -0.05) is 25.1 Å². The van der Waals surface area contributed by atoms with Gasteiger partial charge in [0, 0.05) is 29.9 Å². The summed E-state index contributed by atoms with van der Waals surface area (Å²) in [5, 5.41) is 3.92. The van der Waals surface area contributed by atoms with Crippen molar-refractivity contribution in [3.63, 3.8) is 0 Å². The predicted octanol–water partition coefficient (Wildman–Crippen LogP) is 4.56. The van der Waals surface area contributed by atoms with Crippen LogP contribution in [0.3, 0.4) is 0 Å². The second kappa shape index (κ2) is 9.34. The molecule has 134 valence electrons. The summed E-state index contributed by atoms with van der Waals surface area (Å²) >= 11 is 1.93. The molecular formula is C21H23N3OS. The molecule has 5 heteroatoms. The lowest BCUT2D eigenvalue weighted by Gasteiger charge is -2.10. The van der Waals surface area contributed by atoms with Gasteiger partial charge in [0.05, 0.1) is 16.8 Å². The first-order valence-corrected chi connectivity index (χ1v) is 10.1. The zero-order chi connectivity index (χ0) is 18.2. The number of thioether (sulfide) groups is 1. The van der Waals surface area contributed by atoms with Gasteiger partial charge in [-0.25, -0.2) is 4.98 Å². The molecule has 1 amide bonds. The third kappa shape index (κ3) is 4.61. The highest BCUT2D eigenvalue weighted by Crippen LogP contribution is 2.24. The van der Waals surface area contributed by atoms with Crippen LogP contribution in [0.4, 0.5) is 0 Å². The average Bonchev–Trinajstić information content (AvgIpc) is 2.70. The molecule has 0 fully saturated rings. The SMILES string of the molecule is CCCSCCCNC(=O)c1cc(-c2cccnc2)nc2ccccc12. The molecule has 0 aliphatic heterocycles. The Labute approximate surface area is 158 Å². The fraction of sp³-hybridized carbons (Fsp3) is 0.286. The molecule has 2 aromatic heterocycles. The zero-order valence-electron chi connectivity index (χ0n) is 14.9. The Morgan fingerprint density at radius 2 is 2.04 bits per heavy atom. The molecule has 2 heterocycles. The van der Waals surface area contributed by atoms with Crippen LogP contribution in [0.2, 0.25) is 0 Å². The van der Waals surface area contributed by atoms with E-state index in [0.717, 1.165) is 34.3 Å². The summed E-state index contributed by atoms with van der Waals surface area (Å²) in [6, 6.07) is 13.5. The van der Waals surface area contributed by atoms with E-state index in [2.05, 4.69) is 17.2 Å². The Kier molecular flexibility index (Phi) is 6.61. The summed E-state index contributed by atoms with van der Waals surface area (Å²) in [5.41, 5.74) is 3.15. The second-order valence-corrected chi connectivity index (χ2v) is 7.26. The molecule has 0 saturated carbocycles. The monoisotopic (exact) mass is 365 g/mol. The van der Waals surface area contributed by atoms with E-state index in [9.17, 15) is 4.79 Å². The number of fused-ring (bicyclic) bond motifs is 1. The molecule has 1 aromatic carbocycles. The van der Waals surface area contributed by atoms with Gasteiger partial charge in [0.15, 0.2) is 0 Å². The summed E-state index contributed by atoms with van der Waals surface area (Å²) in [6.07, 6.45) is 5.67. The number of para-hydroxylation sites is 1. The van der Waals surface area contributed by atoms with Gasteiger partial charge in [0.25, 0.3) is 5.91 Å². The summed E-state index contributed by atoms with van der Waals surface area (Å²) in [7, 11) is 0. The van der Waals surface area contributed by atoms with Gasteiger partial charge in [-0.05, 0) is 48.6 Å². The van der Waals surface area contributed by atoms with Crippen molar-refractivity contribution in [3.05, 3.63) is 60.4 Å². The van der Waals surface area contributed by atoms with Gasteiger partial charge in [-0.15, -0.1) is 0 Å². The number of aromatic nitrogens is 2. The fourth-order valence-electron chi connectivity index (χ4n) is 2.74. The molecule has 0 aliphatic rings. The van der Waals surface area contributed by atoms with Gasteiger partial charge in [-0.2, -0.15) is 11.8 Å². The molecule has 0 radical (unpaired) electrons. The number of hydrogen-bond acceptors (Lipinski definition) is 4. The third-order valence-corrected chi connectivity index (χ3v) is 5.29. The van der Waals surface area contributed by atoms with E-state index < -0.39 is 0 Å². The van der Waals surface area contributed by atoms with Crippen LogP contribution in [0.5, 0.6) is 0 Å². The van der Waals surface area contributed by atoms with Crippen molar-refractivity contribution in [1.82, 2.24) is 15.3 Å². The van der Waals surface area contributed by atoms with E-state index in [1.54, 1.807) is 12.4 Å². The number of nitrogens with zero attached hydrogens (tertiary/aromatic N) is 2. The predicted molar refractivity (Wildman–Crippen MR) is 110 cm³/mol. The van der Waals surface area contributed by atoms with E-state index in [-0.39, 0.29) is 5.91 Å². The van der Waals surface area contributed by atoms with Crippen molar-refractivity contribution in [3.8, 4) is 11.3 Å². The Bertz CT molecular complexity index is 868. The van der Waals surface area contributed by atoms with Crippen LogP contribution in [-0.2, 0) is 0 Å². The summed E-state index contributed by atoms with van der Waals surface area (Å²) < 4.78 is 0. The van der Waals surface area contributed by atoms with E-state index in [1.165, 1.54) is 12.2 Å². The van der Waals surface area contributed by atoms with Crippen molar-refractivity contribution < 1.29 is 4.79 Å². The standard InChI is InChI=1S/C21H23N3OS/c1-2-12-26-13-6-11-23-21(25)18-14-20(16-7-5-10-22-15-16)24-19-9-4-3-8-17(18)19/h3-5,7-10,14-15H,2,6,11-13H2,1H3,(H,23,25). The minimum Gasteiger partial charge on any atom is -0.352 e. The van der Waals surface area contributed by atoms with Crippen LogP contribution in [0.1, 0.15) is 30.1 Å². The molecule has 0 atom stereocenters. The highest BCUT2D eigenvalue weighted by molar-refractivity contribution is 7.99. The number of benzene rings is 1. The van der Waals surface area contributed by atoms with Crippen molar-refractivity contribution in [1.29, 1.82) is 0 Å². The van der Waals surface area contributed by atoms with Gasteiger partial charge >= 0.3 is 0 Å². The molecule has 4 nitrogen and oxygen atoms in total. The summed E-state index contributed by atoms with van der Waals surface area (Å²) in [6.45, 7) is 2.87. The topological polar surface area (TPSA) is 54.9 Å². The molecule has 3 aromatic rings. The fourth-order valence-corrected chi connectivity index (χ4v) is 3.58. The molecular weight excluding hydrogens is 342 g/mol. The van der Waals surface area contributed by atoms with E-state index in [1.807, 2.05) is 54.2 Å². The Morgan fingerprint density at radius 3 is 2.85 bits per heavy atom. The highest BCUT2D eigenvalue weighted by Gasteiger charge is 2.13. The molecule has 0 spiro atoms. The zero-order valence-corrected chi connectivity index (χ0v) is 15.8. The van der Waals surface area contributed by atoms with Crippen molar-refractivity contribution in [2.75, 3.05) is 18.1 Å². The van der Waals surface area contributed by atoms with Crippen LogP contribution >= 0.6 is 11.8 Å². The van der Waals surface area contributed by atoms with Crippen LogP contribution < -0.4 is 5.32 Å². The number of rotatable bonds is 8. The maximum absolute atomic E-state index is 12.8. The number of carbonyl (C=O) groups is 1. The van der Waals surface area contributed by atoms with Crippen molar-refractivity contribution in [2.45, 2.75) is 19.8 Å². The first kappa shape index (κ1) is 18.4. The van der Waals surface area contributed by atoms with Gasteiger partial charge in [0.1, 0.15) is 0 Å². The molecule has 0 saturated heterocycles. The van der Waals surface area contributed by atoms with Crippen molar-refractivity contribution >= 4 is 28.6 Å². The van der Waals surface area contributed by atoms with Crippen LogP contribution in [0, 0.1) is 0 Å². The van der Waals surface area contributed by atoms with Gasteiger partial charge < -0.3 is 5.32 Å². The van der Waals surface area contributed by atoms with E-state index in [0.29, 0.717) is 12.1 Å². The van der Waals surface area contributed by atoms with Crippen LogP contribution in [0.25, 0.3) is 22.2 Å². The minimum absolute atomic E-state index is 0.0470. The Morgan fingerprint density at radius 1 is 1.15 bits per heavy atom. The van der Waals surface area contributed by atoms with Crippen molar-refractivity contribution in [2.24, 2.45) is 0 Å². The lowest BCUT2D eigenvalue weighted by molar-refractivity contribution is 0.0955. The first-order chi connectivity index (χ1) is 12.8. The summed E-state index contributed by atoms with van der Waals surface area (Å²) in [4.78, 5) is 21.6. The maximum Gasteiger partial charge on any atom is 0.252 e. The van der Waals surface area contributed by atoms with Crippen LogP contribution in [0.15, 0.2) is 54.9 Å². The number of amides is 1. The van der Waals surface area contributed by atoms with Gasteiger partial charge in [0.2, 0.25) is 0 Å². The smallest absolute Gasteiger partial charge is 0.252 e. The molecule has 0 unspecified atom stereocenters. The number of pyridine rings is 2. The van der Waals surface area contributed by atoms with Crippen LogP contribution in [-0.4, -0.2) is 33.9 Å². The first-order valence-electron chi connectivity index (χ1n) is 8.95. The number of carbonyl (C=O) groups excluding carboxylic acids is 1. The normalized spacial score (nSPS) is 10.8. The minimum atomic E-state index is -0.0470. The largest absolute Gasteiger partial charge is 0.352 e. The lowest BCUT2D eigenvalue weighted by Crippen LogP contribution is -2.25. The molecule has 3 rings (SSSR count). The second-order valence-electron chi connectivity index (χ2n) is 6.04. The molecule has 26 heavy (non-hydrogen) atoms. The molecule has 0 aliphatic carbocycles. The lowest BCUT2D eigenvalue weighted by atomic mass is 10.0. The quantitative estimate of drug-likeness (QED) is 0.595.